The van der Waals surface area contributed by atoms with E-state index < -0.39 is 0 Å². The number of aromatic nitrogens is 1. The molecular formula is C22H39IN6O. The van der Waals surface area contributed by atoms with Crippen LogP contribution >= 0.6 is 24.0 Å². The number of aryl methyl sites for hydroxylation is 1. The normalized spacial score (nSPS) is 19.8. The number of halogens is 1. The van der Waals surface area contributed by atoms with Crippen LogP contribution in [0.1, 0.15) is 32.3 Å². The zero-order chi connectivity index (χ0) is 20.5. The third-order valence-electron chi connectivity index (χ3n) is 5.63. The molecule has 2 saturated heterocycles. The van der Waals surface area contributed by atoms with Crippen molar-refractivity contribution < 1.29 is 4.74 Å². The smallest absolute Gasteiger partial charge is 0.191 e. The molecule has 1 aromatic rings. The third-order valence-corrected chi connectivity index (χ3v) is 5.63. The number of ether oxygens (including phenoxy) is 1. The molecule has 0 saturated carbocycles. The number of rotatable bonds is 7. The molecule has 1 atom stereocenters. The predicted octanol–water partition coefficient (Wildman–Crippen LogP) is 2.50. The summed E-state index contributed by atoms with van der Waals surface area (Å²) in [4.78, 5) is 14.3. The van der Waals surface area contributed by atoms with Gasteiger partial charge in [0.2, 0.25) is 0 Å². The minimum absolute atomic E-state index is 0. The van der Waals surface area contributed by atoms with Crippen LogP contribution in [0.4, 0.5) is 5.82 Å². The fourth-order valence-corrected chi connectivity index (χ4v) is 3.94. The summed E-state index contributed by atoms with van der Waals surface area (Å²) in [6.07, 6.45) is 4.15. The van der Waals surface area contributed by atoms with Gasteiger partial charge in [-0.3, -0.25) is 9.89 Å². The van der Waals surface area contributed by atoms with E-state index in [1.54, 1.807) is 0 Å². The van der Waals surface area contributed by atoms with Crippen molar-refractivity contribution in [3.05, 3.63) is 23.9 Å². The first-order valence-electron chi connectivity index (χ1n) is 11.2. The van der Waals surface area contributed by atoms with Crippen molar-refractivity contribution in [3.63, 3.8) is 0 Å². The molecule has 2 aliphatic rings. The molecule has 7 nitrogen and oxygen atoms in total. The van der Waals surface area contributed by atoms with Gasteiger partial charge >= 0.3 is 0 Å². The van der Waals surface area contributed by atoms with Gasteiger partial charge in [-0.05, 0) is 44.2 Å². The fraction of sp³-hybridized carbons (Fsp3) is 0.727. The maximum atomic E-state index is 5.44. The molecular weight excluding hydrogens is 491 g/mol. The summed E-state index contributed by atoms with van der Waals surface area (Å²) in [7, 11) is 0. The second kappa shape index (κ2) is 13.3. The standard InChI is InChI=1S/C22H38N6O.HI/c1-4-23-22(25-16-19(3)17-27-11-13-29-14-12-27)26-20-7-9-28(10-8-20)21-6-5-18(2)15-24-21;/h5-6,15,19-20H,4,7-14,16-17H2,1-3H3,(H2,23,25,26);1H. The summed E-state index contributed by atoms with van der Waals surface area (Å²) < 4.78 is 5.44. The van der Waals surface area contributed by atoms with Crippen molar-refractivity contribution in [3.8, 4) is 0 Å². The van der Waals surface area contributed by atoms with Gasteiger partial charge in [0.1, 0.15) is 5.82 Å². The van der Waals surface area contributed by atoms with Gasteiger partial charge in [0, 0.05) is 58.1 Å². The average Bonchev–Trinajstić information content (AvgIpc) is 2.74. The Morgan fingerprint density at radius 2 is 1.97 bits per heavy atom. The average molecular weight is 530 g/mol. The van der Waals surface area contributed by atoms with Crippen LogP contribution in [0, 0.1) is 12.8 Å². The Kier molecular flexibility index (Phi) is 11.2. The van der Waals surface area contributed by atoms with Crippen molar-refractivity contribution >= 4 is 35.8 Å². The van der Waals surface area contributed by atoms with Crippen LogP contribution in [0.15, 0.2) is 23.3 Å². The van der Waals surface area contributed by atoms with E-state index >= 15 is 0 Å². The number of hydrogen-bond donors (Lipinski definition) is 2. The van der Waals surface area contributed by atoms with Crippen molar-refractivity contribution in [1.29, 1.82) is 0 Å². The van der Waals surface area contributed by atoms with Gasteiger partial charge in [-0.25, -0.2) is 4.98 Å². The zero-order valence-electron chi connectivity index (χ0n) is 18.8. The lowest BCUT2D eigenvalue weighted by molar-refractivity contribution is 0.0323. The second-order valence-electron chi connectivity index (χ2n) is 8.34. The zero-order valence-corrected chi connectivity index (χ0v) is 21.1. The van der Waals surface area contributed by atoms with Gasteiger partial charge in [0.05, 0.1) is 13.2 Å². The summed E-state index contributed by atoms with van der Waals surface area (Å²) in [5, 5.41) is 7.07. The summed E-state index contributed by atoms with van der Waals surface area (Å²) in [5.41, 5.74) is 1.21. The van der Waals surface area contributed by atoms with E-state index in [1.807, 2.05) is 6.20 Å². The molecule has 170 valence electrons. The Labute approximate surface area is 199 Å². The van der Waals surface area contributed by atoms with Crippen LogP contribution in [0.25, 0.3) is 0 Å². The van der Waals surface area contributed by atoms with E-state index in [-0.39, 0.29) is 24.0 Å². The number of pyridine rings is 1. The number of nitrogens with one attached hydrogen (secondary N) is 2. The maximum absolute atomic E-state index is 5.44. The lowest BCUT2D eigenvalue weighted by Crippen LogP contribution is -2.49. The molecule has 8 heteroatoms. The monoisotopic (exact) mass is 530 g/mol. The molecule has 3 rings (SSSR count). The van der Waals surface area contributed by atoms with Crippen LogP contribution in [-0.2, 0) is 4.74 Å². The fourth-order valence-electron chi connectivity index (χ4n) is 3.94. The molecule has 2 aliphatic heterocycles. The Hall–Kier alpha value is -1.13. The number of hydrogen-bond acceptors (Lipinski definition) is 5. The van der Waals surface area contributed by atoms with Crippen LogP contribution in [-0.4, -0.2) is 80.9 Å². The highest BCUT2D eigenvalue weighted by atomic mass is 127. The summed E-state index contributed by atoms with van der Waals surface area (Å²) in [6, 6.07) is 4.73. The van der Waals surface area contributed by atoms with Gasteiger partial charge < -0.3 is 20.3 Å². The minimum Gasteiger partial charge on any atom is -0.379 e. The molecule has 3 heterocycles. The van der Waals surface area contributed by atoms with E-state index in [1.165, 1.54) is 5.56 Å². The second-order valence-corrected chi connectivity index (χ2v) is 8.34. The quantitative estimate of drug-likeness (QED) is 0.321. The van der Waals surface area contributed by atoms with Crippen LogP contribution < -0.4 is 15.5 Å². The molecule has 0 aromatic carbocycles. The Morgan fingerprint density at radius 1 is 1.23 bits per heavy atom. The first-order valence-corrected chi connectivity index (χ1v) is 11.2. The SMILES string of the molecule is CCNC(=NCC(C)CN1CCOCC1)NC1CCN(c2ccc(C)cn2)CC1.I. The molecule has 0 radical (unpaired) electrons. The van der Waals surface area contributed by atoms with Gasteiger partial charge in [-0.15, -0.1) is 24.0 Å². The lowest BCUT2D eigenvalue weighted by Gasteiger charge is -2.34. The Morgan fingerprint density at radius 3 is 2.60 bits per heavy atom. The molecule has 0 bridgehead atoms. The molecule has 0 spiro atoms. The number of aliphatic imine (C=N–C) groups is 1. The molecule has 2 N–H and O–H groups in total. The van der Waals surface area contributed by atoms with Gasteiger partial charge in [0.25, 0.3) is 0 Å². The van der Waals surface area contributed by atoms with E-state index in [0.717, 1.165) is 83.6 Å². The van der Waals surface area contributed by atoms with E-state index in [4.69, 9.17) is 9.73 Å². The van der Waals surface area contributed by atoms with E-state index in [9.17, 15) is 0 Å². The number of morpholine rings is 1. The van der Waals surface area contributed by atoms with E-state index in [0.29, 0.717) is 12.0 Å². The summed E-state index contributed by atoms with van der Waals surface area (Å²) >= 11 is 0. The van der Waals surface area contributed by atoms with Gasteiger partial charge in [-0.2, -0.15) is 0 Å². The predicted molar refractivity (Wildman–Crippen MR) is 135 cm³/mol. The largest absolute Gasteiger partial charge is 0.379 e. The maximum Gasteiger partial charge on any atom is 0.191 e. The van der Waals surface area contributed by atoms with Crippen LogP contribution in [0.2, 0.25) is 0 Å². The van der Waals surface area contributed by atoms with Crippen molar-refractivity contribution in [2.24, 2.45) is 10.9 Å². The third kappa shape index (κ3) is 8.19. The molecule has 1 unspecified atom stereocenters. The van der Waals surface area contributed by atoms with E-state index in [2.05, 4.69) is 58.3 Å². The number of guanidine groups is 1. The molecule has 0 aliphatic carbocycles. The van der Waals surface area contributed by atoms with Crippen molar-refractivity contribution in [2.75, 3.05) is 63.9 Å². The first kappa shape index (κ1) is 25.1. The first-order chi connectivity index (χ1) is 14.1. The van der Waals surface area contributed by atoms with Crippen LogP contribution in [0.3, 0.4) is 0 Å². The molecule has 0 amide bonds. The van der Waals surface area contributed by atoms with Gasteiger partial charge in [-0.1, -0.05) is 13.0 Å². The van der Waals surface area contributed by atoms with Crippen molar-refractivity contribution in [2.45, 2.75) is 39.7 Å². The van der Waals surface area contributed by atoms with Gasteiger partial charge in [0.15, 0.2) is 5.96 Å². The summed E-state index contributed by atoms with van der Waals surface area (Å²) in [6.45, 7) is 15.2. The highest BCUT2D eigenvalue weighted by Gasteiger charge is 2.21. The highest BCUT2D eigenvalue weighted by molar-refractivity contribution is 14.0. The number of nitrogens with zero attached hydrogens (tertiary/aromatic N) is 4. The number of anilines is 1. The molecule has 1 aromatic heterocycles. The lowest BCUT2D eigenvalue weighted by atomic mass is 10.1. The Balaban J connectivity index is 0.00000320. The molecule has 30 heavy (non-hydrogen) atoms. The number of piperidine rings is 1. The minimum atomic E-state index is 0. The van der Waals surface area contributed by atoms with Crippen LogP contribution in [0.5, 0.6) is 0 Å². The topological polar surface area (TPSA) is 65.0 Å². The van der Waals surface area contributed by atoms with Crippen molar-refractivity contribution in [1.82, 2.24) is 20.5 Å². The summed E-state index contributed by atoms with van der Waals surface area (Å²) in [5.74, 6) is 2.58. The highest BCUT2D eigenvalue weighted by Crippen LogP contribution is 2.18. The Bertz CT molecular complexity index is 627. The molecule has 2 fully saturated rings.